The van der Waals surface area contributed by atoms with Crippen molar-refractivity contribution in [3.63, 3.8) is 0 Å². The highest BCUT2D eigenvalue weighted by atomic mass is 16.5. The minimum absolute atomic E-state index is 0.102. The second-order valence-corrected chi connectivity index (χ2v) is 7.32. The van der Waals surface area contributed by atoms with Crippen LogP contribution in [-0.4, -0.2) is 37.1 Å². The van der Waals surface area contributed by atoms with E-state index < -0.39 is 0 Å². The van der Waals surface area contributed by atoms with Gasteiger partial charge in [-0.25, -0.2) is 4.98 Å². The van der Waals surface area contributed by atoms with Crippen LogP contribution in [0.25, 0.3) is 22.2 Å². The van der Waals surface area contributed by atoms with Gasteiger partial charge in [0.2, 0.25) is 0 Å². The topological polar surface area (TPSA) is 64.8 Å². The predicted molar refractivity (Wildman–Crippen MR) is 120 cm³/mol. The molecule has 0 aliphatic rings. The van der Waals surface area contributed by atoms with Gasteiger partial charge in [0.25, 0.3) is 5.91 Å². The third-order valence-electron chi connectivity index (χ3n) is 5.16. The fourth-order valence-corrected chi connectivity index (χ4v) is 3.58. The standard InChI is InChI=1S/C25H24N2O4/c1-16-9-11-18(31-16)15-27(2)25(28)20-14-22(26-21-8-6-5-7-19(20)21)17-10-12-23(29-3)24(13-17)30-4/h5-14H,15H2,1-4H3. The minimum Gasteiger partial charge on any atom is -0.493 e. The molecule has 2 heterocycles. The molecule has 1 amide bonds. The van der Waals surface area contributed by atoms with Crippen molar-refractivity contribution in [1.82, 2.24) is 9.88 Å². The SMILES string of the molecule is COc1ccc(-c2cc(C(=O)N(C)Cc3ccc(C)o3)c3ccccc3n2)cc1OC. The van der Waals surface area contributed by atoms with Gasteiger partial charge in [0.1, 0.15) is 11.5 Å². The molecular weight excluding hydrogens is 392 g/mol. The molecule has 4 rings (SSSR count). The van der Waals surface area contributed by atoms with Crippen molar-refractivity contribution in [1.29, 1.82) is 0 Å². The van der Waals surface area contributed by atoms with E-state index in [-0.39, 0.29) is 5.91 Å². The molecule has 0 fully saturated rings. The molecule has 2 aromatic heterocycles. The van der Waals surface area contributed by atoms with Gasteiger partial charge in [0.15, 0.2) is 11.5 Å². The van der Waals surface area contributed by atoms with E-state index in [0.717, 1.165) is 28.0 Å². The first kappa shape index (κ1) is 20.5. The van der Waals surface area contributed by atoms with Gasteiger partial charge in [0.05, 0.1) is 37.5 Å². The lowest BCUT2D eigenvalue weighted by Gasteiger charge is -2.18. The van der Waals surface area contributed by atoms with Crippen molar-refractivity contribution in [2.24, 2.45) is 0 Å². The molecule has 0 N–H and O–H groups in total. The summed E-state index contributed by atoms with van der Waals surface area (Å²) in [5.41, 5.74) is 2.86. The maximum Gasteiger partial charge on any atom is 0.254 e. The molecule has 0 unspecified atom stereocenters. The van der Waals surface area contributed by atoms with Crippen LogP contribution < -0.4 is 9.47 Å². The zero-order chi connectivity index (χ0) is 22.0. The summed E-state index contributed by atoms with van der Waals surface area (Å²) in [7, 11) is 4.96. The maximum absolute atomic E-state index is 13.4. The number of pyridine rings is 1. The van der Waals surface area contributed by atoms with Crippen molar-refractivity contribution in [3.8, 4) is 22.8 Å². The maximum atomic E-state index is 13.4. The fourth-order valence-electron chi connectivity index (χ4n) is 3.58. The highest BCUT2D eigenvalue weighted by Gasteiger charge is 2.19. The van der Waals surface area contributed by atoms with E-state index in [1.54, 1.807) is 26.2 Å². The lowest BCUT2D eigenvalue weighted by Crippen LogP contribution is -2.26. The number of rotatable bonds is 6. The highest BCUT2D eigenvalue weighted by Crippen LogP contribution is 2.33. The highest BCUT2D eigenvalue weighted by molar-refractivity contribution is 6.07. The van der Waals surface area contributed by atoms with E-state index in [0.29, 0.717) is 29.3 Å². The van der Waals surface area contributed by atoms with Crippen LogP contribution in [0.2, 0.25) is 0 Å². The first-order valence-electron chi connectivity index (χ1n) is 9.93. The first-order valence-corrected chi connectivity index (χ1v) is 9.93. The van der Waals surface area contributed by atoms with Gasteiger partial charge in [-0.1, -0.05) is 18.2 Å². The van der Waals surface area contributed by atoms with E-state index in [1.807, 2.05) is 67.6 Å². The monoisotopic (exact) mass is 416 g/mol. The summed E-state index contributed by atoms with van der Waals surface area (Å²) in [6.07, 6.45) is 0. The number of aryl methyl sites for hydroxylation is 1. The Hall–Kier alpha value is -3.80. The molecule has 6 heteroatoms. The van der Waals surface area contributed by atoms with Crippen LogP contribution in [0.5, 0.6) is 11.5 Å². The molecule has 0 saturated heterocycles. The number of ether oxygens (including phenoxy) is 2. The van der Waals surface area contributed by atoms with Crippen molar-refractivity contribution < 1.29 is 18.7 Å². The number of aromatic nitrogens is 1. The summed E-state index contributed by atoms with van der Waals surface area (Å²) in [5, 5.41) is 0.805. The number of fused-ring (bicyclic) bond motifs is 1. The Kier molecular flexibility index (Phi) is 5.62. The average molecular weight is 416 g/mol. The molecule has 0 bridgehead atoms. The molecular formula is C25H24N2O4. The Bertz CT molecular complexity index is 1250. The summed E-state index contributed by atoms with van der Waals surface area (Å²) in [6, 6.07) is 18.9. The lowest BCUT2D eigenvalue weighted by molar-refractivity contribution is 0.0777. The van der Waals surface area contributed by atoms with Gasteiger partial charge in [-0.05, 0) is 49.4 Å². The van der Waals surface area contributed by atoms with Crippen molar-refractivity contribution in [3.05, 3.63) is 77.7 Å². The van der Waals surface area contributed by atoms with E-state index in [2.05, 4.69) is 0 Å². The van der Waals surface area contributed by atoms with E-state index in [9.17, 15) is 4.79 Å². The van der Waals surface area contributed by atoms with Crippen LogP contribution in [0.4, 0.5) is 0 Å². The number of furan rings is 1. The molecule has 158 valence electrons. The van der Waals surface area contributed by atoms with Gasteiger partial charge < -0.3 is 18.8 Å². The van der Waals surface area contributed by atoms with Crippen LogP contribution in [-0.2, 0) is 6.54 Å². The number of hydrogen-bond donors (Lipinski definition) is 0. The number of carbonyl (C=O) groups excluding carboxylic acids is 1. The third kappa shape index (κ3) is 4.10. The predicted octanol–water partition coefficient (Wildman–Crippen LogP) is 5.09. The van der Waals surface area contributed by atoms with Crippen LogP contribution >= 0.6 is 0 Å². The Morgan fingerprint density at radius 2 is 1.77 bits per heavy atom. The molecule has 0 radical (unpaired) electrons. The summed E-state index contributed by atoms with van der Waals surface area (Å²) in [5.74, 6) is 2.70. The van der Waals surface area contributed by atoms with Gasteiger partial charge >= 0.3 is 0 Å². The number of para-hydroxylation sites is 1. The second-order valence-electron chi connectivity index (χ2n) is 7.32. The number of carbonyl (C=O) groups is 1. The average Bonchev–Trinajstić information content (AvgIpc) is 3.21. The van der Waals surface area contributed by atoms with Crippen LogP contribution in [0.15, 0.2) is 65.1 Å². The van der Waals surface area contributed by atoms with Crippen LogP contribution in [0.3, 0.4) is 0 Å². The summed E-state index contributed by atoms with van der Waals surface area (Å²) < 4.78 is 16.4. The smallest absolute Gasteiger partial charge is 0.254 e. The molecule has 0 aliphatic carbocycles. The zero-order valence-electron chi connectivity index (χ0n) is 18.0. The zero-order valence-corrected chi connectivity index (χ0v) is 18.0. The fraction of sp³-hybridized carbons (Fsp3) is 0.200. The third-order valence-corrected chi connectivity index (χ3v) is 5.16. The lowest BCUT2D eigenvalue weighted by atomic mass is 10.0. The summed E-state index contributed by atoms with van der Waals surface area (Å²) >= 11 is 0. The Morgan fingerprint density at radius 3 is 2.48 bits per heavy atom. The Labute approximate surface area is 181 Å². The summed E-state index contributed by atoms with van der Waals surface area (Å²) in [6.45, 7) is 2.27. The number of amides is 1. The van der Waals surface area contributed by atoms with E-state index in [1.165, 1.54) is 0 Å². The molecule has 0 saturated carbocycles. The second kappa shape index (κ2) is 8.52. The van der Waals surface area contributed by atoms with Gasteiger partial charge in [-0.2, -0.15) is 0 Å². The molecule has 2 aromatic carbocycles. The summed E-state index contributed by atoms with van der Waals surface area (Å²) in [4.78, 5) is 19.8. The quantitative estimate of drug-likeness (QED) is 0.438. The van der Waals surface area contributed by atoms with Gasteiger partial charge in [-0.3, -0.25) is 4.79 Å². The molecule has 6 nitrogen and oxygen atoms in total. The van der Waals surface area contributed by atoms with Crippen molar-refractivity contribution >= 4 is 16.8 Å². The van der Waals surface area contributed by atoms with Crippen molar-refractivity contribution in [2.75, 3.05) is 21.3 Å². The molecule has 0 spiro atoms. The Morgan fingerprint density at radius 1 is 1.00 bits per heavy atom. The number of benzene rings is 2. The molecule has 31 heavy (non-hydrogen) atoms. The van der Waals surface area contributed by atoms with Crippen molar-refractivity contribution in [2.45, 2.75) is 13.5 Å². The largest absolute Gasteiger partial charge is 0.493 e. The molecule has 0 atom stereocenters. The first-order chi connectivity index (χ1) is 15.0. The molecule has 0 aliphatic heterocycles. The van der Waals surface area contributed by atoms with Crippen LogP contribution in [0.1, 0.15) is 21.9 Å². The van der Waals surface area contributed by atoms with Gasteiger partial charge in [0, 0.05) is 18.0 Å². The molecule has 4 aromatic rings. The van der Waals surface area contributed by atoms with E-state index >= 15 is 0 Å². The van der Waals surface area contributed by atoms with Crippen LogP contribution in [0, 0.1) is 6.92 Å². The normalized spacial score (nSPS) is 10.8. The minimum atomic E-state index is -0.102. The number of methoxy groups -OCH3 is 2. The number of nitrogens with zero attached hydrogens (tertiary/aromatic N) is 2. The Balaban J connectivity index is 1.77. The number of hydrogen-bond acceptors (Lipinski definition) is 5. The van der Waals surface area contributed by atoms with E-state index in [4.69, 9.17) is 18.9 Å². The van der Waals surface area contributed by atoms with Gasteiger partial charge in [-0.15, -0.1) is 0 Å².